The number of piperidine rings is 1. The van der Waals surface area contributed by atoms with Gasteiger partial charge in [-0.1, -0.05) is 6.07 Å². The molecule has 0 saturated carbocycles. The van der Waals surface area contributed by atoms with E-state index in [9.17, 15) is 4.79 Å². The summed E-state index contributed by atoms with van der Waals surface area (Å²) in [5.74, 6) is 0.920. The van der Waals surface area contributed by atoms with Crippen LogP contribution in [0.4, 0.5) is 0 Å². The predicted molar refractivity (Wildman–Crippen MR) is 94.5 cm³/mol. The Morgan fingerprint density at radius 1 is 1.40 bits per heavy atom. The first-order chi connectivity index (χ1) is 12.1. The smallest absolute Gasteiger partial charge is 0.254 e. The van der Waals surface area contributed by atoms with Gasteiger partial charge in [0.15, 0.2) is 0 Å². The summed E-state index contributed by atoms with van der Waals surface area (Å²) >= 11 is 0. The van der Waals surface area contributed by atoms with Crippen LogP contribution in [0.15, 0.2) is 24.3 Å². The van der Waals surface area contributed by atoms with Crippen molar-refractivity contribution in [1.29, 1.82) is 0 Å². The molecule has 25 heavy (non-hydrogen) atoms. The number of amides is 1. The quantitative estimate of drug-likeness (QED) is 0.925. The monoisotopic (exact) mass is 340 g/mol. The Kier molecular flexibility index (Phi) is 4.21. The topological polar surface area (TPSA) is 59.4 Å². The van der Waals surface area contributed by atoms with Crippen LogP contribution in [0, 0.1) is 6.92 Å². The second-order valence-electron chi connectivity index (χ2n) is 6.90. The molecule has 0 spiro atoms. The van der Waals surface area contributed by atoms with E-state index in [1.54, 1.807) is 0 Å². The van der Waals surface area contributed by atoms with Gasteiger partial charge in [0.25, 0.3) is 5.91 Å². The van der Waals surface area contributed by atoms with Crippen molar-refractivity contribution in [2.45, 2.75) is 39.0 Å². The Hall–Kier alpha value is -2.34. The summed E-state index contributed by atoms with van der Waals surface area (Å²) in [4.78, 5) is 14.8. The van der Waals surface area contributed by atoms with Crippen LogP contribution < -0.4 is 10.1 Å². The van der Waals surface area contributed by atoms with Crippen LogP contribution in [0.25, 0.3) is 0 Å². The first-order valence-corrected chi connectivity index (χ1v) is 8.89. The van der Waals surface area contributed by atoms with Crippen molar-refractivity contribution < 1.29 is 9.53 Å². The average Bonchev–Trinajstić information content (AvgIpc) is 3.14. The van der Waals surface area contributed by atoms with Crippen LogP contribution in [-0.4, -0.2) is 39.7 Å². The molecule has 2 aromatic rings. The zero-order valence-corrected chi connectivity index (χ0v) is 14.8. The normalized spacial score (nSPS) is 20.0. The summed E-state index contributed by atoms with van der Waals surface area (Å²) in [5, 5.41) is 7.82. The molecule has 1 saturated heterocycles. The maximum Gasteiger partial charge on any atom is 0.254 e. The molecule has 0 radical (unpaired) electrons. The number of hydrogen-bond donors (Lipinski definition) is 1. The molecule has 132 valence electrons. The first-order valence-electron chi connectivity index (χ1n) is 8.89. The standard InChI is InChI=1S/C19H24N4O2/c1-13-9-14(21-22(13)2)12-25-18-7-3-6-16-17(18)11-23(19(16)24)15-5-4-8-20-10-15/h3,6-7,9,15,20H,4-5,8,10-12H2,1-2H3. The van der Waals surface area contributed by atoms with Crippen molar-refractivity contribution >= 4 is 5.91 Å². The number of ether oxygens (including phenoxy) is 1. The molecule has 1 aromatic heterocycles. The van der Waals surface area contributed by atoms with Gasteiger partial charge < -0.3 is 15.0 Å². The molecule has 2 aliphatic heterocycles. The van der Waals surface area contributed by atoms with E-state index in [0.29, 0.717) is 13.2 Å². The van der Waals surface area contributed by atoms with Crippen LogP contribution in [-0.2, 0) is 20.2 Å². The lowest BCUT2D eigenvalue weighted by Crippen LogP contribution is -2.46. The molecule has 1 N–H and O–H groups in total. The molecule has 2 aliphatic rings. The lowest BCUT2D eigenvalue weighted by Gasteiger charge is -2.31. The lowest BCUT2D eigenvalue weighted by atomic mass is 10.1. The maximum atomic E-state index is 12.8. The Labute approximate surface area is 147 Å². The number of aryl methyl sites for hydroxylation is 2. The number of hydrogen-bond acceptors (Lipinski definition) is 4. The maximum absolute atomic E-state index is 12.8. The Balaban J connectivity index is 1.52. The van der Waals surface area contributed by atoms with Gasteiger partial charge in [-0.15, -0.1) is 0 Å². The molecule has 6 heteroatoms. The minimum Gasteiger partial charge on any atom is -0.487 e. The number of nitrogens with one attached hydrogen (secondary N) is 1. The zero-order chi connectivity index (χ0) is 17.4. The lowest BCUT2D eigenvalue weighted by molar-refractivity contribution is 0.0674. The highest BCUT2D eigenvalue weighted by atomic mass is 16.5. The molecule has 1 atom stereocenters. The van der Waals surface area contributed by atoms with Crippen molar-refractivity contribution in [3.8, 4) is 5.75 Å². The van der Waals surface area contributed by atoms with Gasteiger partial charge in [0.1, 0.15) is 18.1 Å². The summed E-state index contributed by atoms with van der Waals surface area (Å²) in [6.07, 6.45) is 2.18. The average molecular weight is 340 g/mol. The molecule has 1 unspecified atom stereocenters. The summed E-state index contributed by atoms with van der Waals surface area (Å²) in [6.45, 7) is 4.99. The molecule has 1 aromatic carbocycles. The van der Waals surface area contributed by atoms with E-state index in [4.69, 9.17) is 4.74 Å². The van der Waals surface area contributed by atoms with Gasteiger partial charge in [-0.3, -0.25) is 9.48 Å². The fourth-order valence-electron chi connectivity index (χ4n) is 3.71. The van der Waals surface area contributed by atoms with Gasteiger partial charge in [0, 0.05) is 36.5 Å². The Morgan fingerprint density at radius 2 is 2.28 bits per heavy atom. The molecular formula is C19H24N4O2. The number of carbonyl (C=O) groups is 1. The number of fused-ring (bicyclic) bond motifs is 1. The molecule has 0 aliphatic carbocycles. The van der Waals surface area contributed by atoms with E-state index in [2.05, 4.69) is 10.4 Å². The molecule has 0 bridgehead atoms. The first kappa shape index (κ1) is 16.1. The minimum atomic E-state index is 0.128. The number of benzene rings is 1. The molecule has 3 heterocycles. The Bertz CT molecular complexity index is 773. The van der Waals surface area contributed by atoms with Gasteiger partial charge in [-0.2, -0.15) is 5.10 Å². The highest BCUT2D eigenvalue weighted by Crippen LogP contribution is 2.33. The van der Waals surface area contributed by atoms with E-state index >= 15 is 0 Å². The van der Waals surface area contributed by atoms with Gasteiger partial charge >= 0.3 is 0 Å². The number of aromatic nitrogens is 2. The van der Waals surface area contributed by atoms with Gasteiger partial charge in [0.2, 0.25) is 0 Å². The summed E-state index contributed by atoms with van der Waals surface area (Å²) in [6, 6.07) is 8.06. The molecule has 1 fully saturated rings. The van der Waals surface area contributed by atoms with Crippen LogP contribution >= 0.6 is 0 Å². The van der Waals surface area contributed by atoms with E-state index in [1.807, 2.05) is 47.8 Å². The van der Waals surface area contributed by atoms with Crippen molar-refractivity contribution in [3.63, 3.8) is 0 Å². The number of rotatable bonds is 4. The van der Waals surface area contributed by atoms with Crippen molar-refractivity contribution in [2.75, 3.05) is 13.1 Å². The SMILES string of the molecule is Cc1cc(COc2cccc3c2CN(C2CCCNC2)C3=O)nn1C. The van der Waals surface area contributed by atoms with Gasteiger partial charge in [-0.25, -0.2) is 0 Å². The van der Waals surface area contributed by atoms with Gasteiger partial charge in [0.05, 0.1) is 6.54 Å². The molecule has 1 amide bonds. The second kappa shape index (κ2) is 6.52. The fraction of sp³-hybridized carbons (Fsp3) is 0.474. The van der Waals surface area contributed by atoms with Crippen LogP contribution in [0.5, 0.6) is 5.75 Å². The highest BCUT2D eigenvalue weighted by Gasteiger charge is 2.35. The molecular weight excluding hydrogens is 316 g/mol. The third-order valence-corrected chi connectivity index (χ3v) is 5.20. The minimum absolute atomic E-state index is 0.128. The van der Waals surface area contributed by atoms with Crippen LogP contribution in [0.3, 0.4) is 0 Å². The van der Waals surface area contributed by atoms with Crippen molar-refractivity contribution in [3.05, 3.63) is 46.8 Å². The fourth-order valence-corrected chi connectivity index (χ4v) is 3.71. The van der Waals surface area contributed by atoms with Crippen molar-refractivity contribution in [1.82, 2.24) is 20.0 Å². The highest BCUT2D eigenvalue weighted by molar-refractivity contribution is 5.99. The second-order valence-corrected chi connectivity index (χ2v) is 6.90. The summed E-state index contributed by atoms with van der Waals surface area (Å²) in [7, 11) is 1.92. The third kappa shape index (κ3) is 3.02. The molecule has 4 rings (SSSR count). The van der Waals surface area contributed by atoms with E-state index in [0.717, 1.165) is 54.2 Å². The van der Waals surface area contributed by atoms with Crippen LogP contribution in [0.1, 0.15) is 40.2 Å². The zero-order valence-electron chi connectivity index (χ0n) is 14.8. The number of nitrogens with zero attached hydrogens (tertiary/aromatic N) is 3. The summed E-state index contributed by atoms with van der Waals surface area (Å²) < 4.78 is 7.86. The number of carbonyl (C=O) groups excluding carboxylic acids is 1. The largest absolute Gasteiger partial charge is 0.487 e. The Morgan fingerprint density at radius 3 is 3.00 bits per heavy atom. The third-order valence-electron chi connectivity index (χ3n) is 5.20. The van der Waals surface area contributed by atoms with E-state index in [-0.39, 0.29) is 11.9 Å². The van der Waals surface area contributed by atoms with Crippen molar-refractivity contribution in [2.24, 2.45) is 7.05 Å². The predicted octanol–water partition coefficient (Wildman–Crippen LogP) is 2.02. The molecule has 6 nitrogen and oxygen atoms in total. The van der Waals surface area contributed by atoms with E-state index in [1.165, 1.54) is 0 Å². The van der Waals surface area contributed by atoms with Gasteiger partial charge in [-0.05, 0) is 44.5 Å². The van der Waals surface area contributed by atoms with E-state index < -0.39 is 0 Å². The van der Waals surface area contributed by atoms with Crippen LogP contribution in [0.2, 0.25) is 0 Å². The summed E-state index contributed by atoms with van der Waals surface area (Å²) in [5.41, 5.74) is 3.78.